The van der Waals surface area contributed by atoms with Crippen LogP contribution in [0.1, 0.15) is 18.9 Å². The highest BCUT2D eigenvalue weighted by atomic mass is 19.1. The van der Waals surface area contributed by atoms with E-state index in [-0.39, 0.29) is 11.9 Å². The molecule has 13 heavy (non-hydrogen) atoms. The van der Waals surface area contributed by atoms with Crippen LogP contribution >= 0.6 is 0 Å². The van der Waals surface area contributed by atoms with Crippen LogP contribution in [0.25, 0.3) is 0 Å². The topological polar surface area (TPSA) is 29.5 Å². The molecule has 70 valence electrons. The van der Waals surface area contributed by atoms with Crippen LogP contribution in [0, 0.1) is 5.82 Å². The summed E-state index contributed by atoms with van der Waals surface area (Å²) in [5.74, 6) is -0.201. The molecule has 0 fully saturated rings. The molecule has 0 bridgehead atoms. The molecule has 1 aliphatic heterocycles. The van der Waals surface area contributed by atoms with E-state index >= 15 is 0 Å². The van der Waals surface area contributed by atoms with Crippen LogP contribution < -0.4 is 4.74 Å². The van der Waals surface area contributed by atoms with Crippen LogP contribution in [0.4, 0.5) is 4.39 Å². The minimum Gasteiger partial charge on any atom is -0.508 e. The SMILES string of the molecule is CC1CCc2cc(O)cc(F)c2O1. The summed E-state index contributed by atoms with van der Waals surface area (Å²) in [5.41, 5.74) is 0.760. The molecular weight excluding hydrogens is 171 g/mol. The van der Waals surface area contributed by atoms with Crippen molar-refractivity contribution in [1.29, 1.82) is 0 Å². The van der Waals surface area contributed by atoms with Crippen molar-refractivity contribution in [3.05, 3.63) is 23.5 Å². The molecule has 0 saturated heterocycles. The van der Waals surface area contributed by atoms with Gasteiger partial charge in [0.15, 0.2) is 11.6 Å². The molecule has 0 spiro atoms. The Labute approximate surface area is 76.0 Å². The third kappa shape index (κ3) is 1.46. The maximum atomic E-state index is 13.2. The van der Waals surface area contributed by atoms with E-state index in [4.69, 9.17) is 9.84 Å². The second-order valence-corrected chi connectivity index (χ2v) is 3.38. The van der Waals surface area contributed by atoms with Gasteiger partial charge < -0.3 is 9.84 Å². The van der Waals surface area contributed by atoms with Gasteiger partial charge in [0.2, 0.25) is 0 Å². The van der Waals surface area contributed by atoms with Gasteiger partial charge in [-0.05, 0) is 25.8 Å². The quantitative estimate of drug-likeness (QED) is 0.666. The molecular formula is C10H11FO2. The summed E-state index contributed by atoms with van der Waals surface area (Å²) < 4.78 is 18.6. The number of benzene rings is 1. The first-order chi connectivity index (χ1) is 6.16. The van der Waals surface area contributed by atoms with E-state index in [2.05, 4.69) is 0 Å². The summed E-state index contributed by atoms with van der Waals surface area (Å²) in [6.45, 7) is 1.91. The number of halogens is 1. The molecule has 2 rings (SSSR count). The standard InChI is InChI=1S/C10H11FO2/c1-6-2-3-7-4-8(12)5-9(11)10(7)13-6/h4-6,12H,2-3H2,1H3. The molecule has 1 aliphatic rings. The predicted octanol–water partition coefficient (Wildman–Crippen LogP) is 2.24. The van der Waals surface area contributed by atoms with Gasteiger partial charge in [-0.1, -0.05) is 0 Å². The number of ether oxygens (including phenoxy) is 1. The van der Waals surface area contributed by atoms with Gasteiger partial charge in [0.05, 0.1) is 6.10 Å². The Morgan fingerprint density at radius 2 is 2.31 bits per heavy atom. The number of phenolic OH excluding ortho intramolecular Hbond substituents is 1. The van der Waals surface area contributed by atoms with Gasteiger partial charge in [-0.2, -0.15) is 0 Å². The highest BCUT2D eigenvalue weighted by molar-refractivity contribution is 5.42. The summed E-state index contributed by atoms with van der Waals surface area (Å²) in [6.07, 6.45) is 1.70. The first kappa shape index (κ1) is 8.35. The number of hydrogen-bond acceptors (Lipinski definition) is 2. The van der Waals surface area contributed by atoms with E-state index in [0.29, 0.717) is 5.75 Å². The van der Waals surface area contributed by atoms with E-state index in [1.165, 1.54) is 0 Å². The molecule has 0 amide bonds. The summed E-state index contributed by atoms with van der Waals surface area (Å²) in [7, 11) is 0. The highest BCUT2D eigenvalue weighted by Gasteiger charge is 2.20. The molecule has 0 saturated carbocycles. The van der Waals surface area contributed by atoms with Crippen molar-refractivity contribution in [3.8, 4) is 11.5 Å². The van der Waals surface area contributed by atoms with E-state index in [1.807, 2.05) is 6.92 Å². The molecule has 1 aromatic rings. The maximum Gasteiger partial charge on any atom is 0.169 e. The average molecular weight is 182 g/mol. The Kier molecular flexibility index (Phi) is 1.87. The molecule has 3 heteroatoms. The second-order valence-electron chi connectivity index (χ2n) is 3.38. The van der Waals surface area contributed by atoms with Crippen molar-refractivity contribution in [2.45, 2.75) is 25.9 Å². The number of fused-ring (bicyclic) bond motifs is 1. The Morgan fingerprint density at radius 1 is 1.54 bits per heavy atom. The molecule has 0 radical (unpaired) electrons. The molecule has 1 unspecified atom stereocenters. The van der Waals surface area contributed by atoms with Crippen LogP contribution in [0.3, 0.4) is 0 Å². The van der Waals surface area contributed by atoms with Gasteiger partial charge in [0.25, 0.3) is 0 Å². The lowest BCUT2D eigenvalue weighted by atomic mass is 10.0. The van der Waals surface area contributed by atoms with Crippen LogP contribution in [-0.4, -0.2) is 11.2 Å². The lowest BCUT2D eigenvalue weighted by molar-refractivity contribution is 0.182. The van der Waals surface area contributed by atoms with Gasteiger partial charge in [-0.25, -0.2) is 4.39 Å². The fourth-order valence-electron chi connectivity index (χ4n) is 1.57. The maximum absolute atomic E-state index is 13.2. The summed E-state index contributed by atoms with van der Waals surface area (Å²) in [5, 5.41) is 9.14. The zero-order chi connectivity index (χ0) is 9.42. The zero-order valence-corrected chi connectivity index (χ0v) is 7.38. The van der Waals surface area contributed by atoms with Gasteiger partial charge in [0, 0.05) is 11.6 Å². The highest BCUT2D eigenvalue weighted by Crippen LogP contribution is 2.33. The molecule has 0 aliphatic carbocycles. The Morgan fingerprint density at radius 3 is 3.08 bits per heavy atom. The molecule has 0 aromatic heterocycles. The van der Waals surface area contributed by atoms with Gasteiger partial charge in [0.1, 0.15) is 5.75 Å². The van der Waals surface area contributed by atoms with Crippen molar-refractivity contribution < 1.29 is 14.2 Å². The van der Waals surface area contributed by atoms with Crippen molar-refractivity contribution >= 4 is 0 Å². The van der Waals surface area contributed by atoms with Crippen molar-refractivity contribution in [1.82, 2.24) is 0 Å². The fourth-order valence-corrected chi connectivity index (χ4v) is 1.57. The van der Waals surface area contributed by atoms with Crippen LogP contribution in [0.2, 0.25) is 0 Å². The third-order valence-electron chi connectivity index (χ3n) is 2.24. The zero-order valence-electron chi connectivity index (χ0n) is 7.38. The minimum absolute atomic E-state index is 0.0330. The first-order valence-corrected chi connectivity index (χ1v) is 4.35. The number of aromatic hydroxyl groups is 1. The third-order valence-corrected chi connectivity index (χ3v) is 2.24. The van der Waals surface area contributed by atoms with Crippen LogP contribution in [0.5, 0.6) is 11.5 Å². The van der Waals surface area contributed by atoms with Gasteiger partial charge in [-0.3, -0.25) is 0 Å². The molecule has 1 atom stereocenters. The second kappa shape index (κ2) is 2.91. The molecule has 1 heterocycles. The lowest BCUT2D eigenvalue weighted by Crippen LogP contribution is -2.19. The Hall–Kier alpha value is -1.25. The van der Waals surface area contributed by atoms with Crippen molar-refractivity contribution in [2.24, 2.45) is 0 Å². The molecule has 1 N–H and O–H groups in total. The summed E-state index contributed by atoms with van der Waals surface area (Å²) in [4.78, 5) is 0. The summed E-state index contributed by atoms with van der Waals surface area (Å²) >= 11 is 0. The fraction of sp³-hybridized carbons (Fsp3) is 0.400. The molecule has 2 nitrogen and oxygen atoms in total. The van der Waals surface area contributed by atoms with Gasteiger partial charge >= 0.3 is 0 Å². The monoisotopic (exact) mass is 182 g/mol. The predicted molar refractivity (Wildman–Crippen MR) is 46.5 cm³/mol. The van der Waals surface area contributed by atoms with Crippen LogP contribution in [-0.2, 0) is 6.42 Å². The van der Waals surface area contributed by atoms with E-state index in [9.17, 15) is 4.39 Å². The molecule has 1 aromatic carbocycles. The van der Waals surface area contributed by atoms with E-state index in [1.54, 1.807) is 6.07 Å². The minimum atomic E-state index is -0.471. The number of hydrogen-bond donors (Lipinski definition) is 1. The lowest BCUT2D eigenvalue weighted by Gasteiger charge is -2.23. The smallest absolute Gasteiger partial charge is 0.169 e. The van der Waals surface area contributed by atoms with E-state index < -0.39 is 5.82 Å². The van der Waals surface area contributed by atoms with Crippen LogP contribution in [0.15, 0.2) is 12.1 Å². The normalized spacial score (nSPS) is 20.6. The van der Waals surface area contributed by atoms with E-state index in [0.717, 1.165) is 24.5 Å². The summed E-state index contributed by atoms with van der Waals surface area (Å²) in [6, 6.07) is 2.64. The largest absolute Gasteiger partial charge is 0.508 e. The van der Waals surface area contributed by atoms with Gasteiger partial charge in [-0.15, -0.1) is 0 Å². The number of phenols is 1. The Bertz CT molecular complexity index is 336. The average Bonchev–Trinajstić information content (AvgIpc) is 2.06. The number of rotatable bonds is 0. The number of aryl methyl sites for hydroxylation is 1. The van der Waals surface area contributed by atoms with Crippen molar-refractivity contribution in [2.75, 3.05) is 0 Å². The first-order valence-electron chi connectivity index (χ1n) is 4.35. The Balaban J connectivity index is 2.47. The van der Waals surface area contributed by atoms with Crippen molar-refractivity contribution in [3.63, 3.8) is 0 Å².